The number of nitrogens with one attached hydrogen (secondary N) is 1. The van der Waals surface area contributed by atoms with Crippen molar-refractivity contribution in [2.45, 2.75) is 26.4 Å². The number of rotatable bonds is 7. The van der Waals surface area contributed by atoms with Gasteiger partial charge in [0.2, 0.25) is 0 Å². The van der Waals surface area contributed by atoms with E-state index in [4.69, 9.17) is 0 Å². The molecule has 1 aromatic carbocycles. The van der Waals surface area contributed by atoms with Crippen LogP contribution in [0.5, 0.6) is 0 Å². The molecular formula is C13H20FN3O2. The van der Waals surface area contributed by atoms with E-state index in [0.29, 0.717) is 24.7 Å². The second kappa shape index (κ2) is 7.16. The highest BCUT2D eigenvalue weighted by molar-refractivity contribution is 5.40. The molecule has 6 heteroatoms. The molecule has 0 unspecified atom stereocenters. The van der Waals surface area contributed by atoms with Gasteiger partial charge < -0.3 is 10.2 Å². The van der Waals surface area contributed by atoms with Gasteiger partial charge in [-0.2, -0.15) is 0 Å². The van der Waals surface area contributed by atoms with Gasteiger partial charge in [-0.1, -0.05) is 0 Å². The lowest BCUT2D eigenvalue weighted by atomic mass is 10.1. The summed E-state index contributed by atoms with van der Waals surface area (Å²) in [5, 5.41) is 13.9. The van der Waals surface area contributed by atoms with Crippen LogP contribution in [0.1, 0.15) is 19.4 Å². The molecule has 19 heavy (non-hydrogen) atoms. The standard InChI is InChI=1S/C13H20FN3O2/c1-10(2)16(3)7-6-15-9-11-8-12(14)4-5-13(11)17(18)19/h4-5,8,10,15H,6-7,9H2,1-3H3. The first-order valence-corrected chi connectivity index (χ1v) is 6.25. The number of benzene rings is 1. The molecule has 0 aliphatic carbocycles. The third-order valence-electron chi connectivity index (χ3n) is 3.08. The summed E-state index contributed by atoms with van der Waals surface area (Å²) in [6.07, 6.45) is 0. The van der Waals surface area contributed by atoms with Crippen molar-refractivity contribution in [3.8, 4) is 0 Å². The summed E-state index contributed by atoms with van der Waals surface area (Å²) in [5.74, 6) is -0.457. The average molecular weight is 269 g/mol. The van der Waals surface area contributed by atoms with Gasteiger partial charge in [-0.05, 0) is 33.0 Å². The van der Waals surface area contributed by atoms with E-state index in [9.17, 15) is 14.5 Å². The third kappa shape index (κ3) is 4.92. The van der Waals surface area contributed by atoms with Crippen molar-refractivity contribution < 1.29 is 9.31 Å². The van der Waals surface area contributed by atoms with Gasteiger partial charge in [-0.25, -0.2) is 4.39 Å². The molecule has 1 N–H and O–H groups in total. The zero-order chi connectivity index (χ0) is 14.4. The Balaban J connectivity index is 2.53. The Morgan fingerprint density at radius 1 is 1.47 bits per heavy atom. The highest BCUT2D eigenvalue weighted by atomic mass is 19.1. The van der Waals surface area contributed by atoms with Crippen LogP contribution in [0.3, 0.4) is 0 Å². The molecule has 0 aliphatic rings. The molecule has 0 aliphatic heterocycles. The van der Waals surface area contributed by atoms with Gasteiger partial charge in [-0.3, -0.25) is 10.1 Å². The summed E-state index contributed by atoms with van der Waals surface area (Å²) in [4.78, 5) is 12.5. The van der Waals surface area contributed by atoms with E-state index in [0.717, 1.165) is 12.6 Å². The molecule has 0 bridgehead atoms. The second-order valence-corrected chi connectivity index (χ2v) is 4.78. The first-order chi connectivity index (χ1) is 8.91. The summed E-state index contributed by atoms with van der Waals surface area (Å²) < 4.78 is 13.1. The number of likely N-dealkylation sites (N-methyl/N-ethyl adjacent to an activating group) is 1. The smallest absolute Gasteiger partial charge is 0.274 e. The molecule has 0 fully saturated rings. The third-order valence-corrected chi connectivity index (χ3v) is 3.08. The van der Waals surface area contributed by atoms with Crippen molar-refractivity contribution in [3.05, 3.63) is 39.7 Å². The fourth-order valence-electron chi connectivity index (χ4n) is 1.61. The Morgan fingerprint density at radius 3 is 2.74 bits per heavy atom. The van der Waals surface area contributed by atoms with Crippen molar-refractivity contribution in [1.82, 2.24) is 10.2 Å². The van der Waals surface area contributed by atoms with Crippen LogP contribution >= 0.6 is 0 Å². The highest BCUT2D eigenvalue weighted by Crippen LogP contribution is 2.19. The molecule has 1 aromatic rings. The first-order valence-electron chi connectivity index (χ1n) is 6.25. The van der Waals surface area contributed by atoms with Crippen LogP contribution in [0, 0.1) is 15.9 Å². The van der Waals surface area contributed by atoms with Gasteiger partial charge in [0.15, 0.2) is 0 Å². The van der Waals surface area contributed by atoms with E-state index in [1.54, 1.807) is 0 Å². The number of nitrogens with zero attached hydrogens (tertiary/aromatic N) is 2. The molecule has 5 nitrogen and oxygen atoms in total. The zero-order valence-electron chi connectivity index (χ0n) is 11.5. The highest BCUT2D eigenvalue weighted by Gasteiger charge is 2.13. The van der Waals surface area contributed by atoms with Gasteiger partial charge in [0.25, 0.3) is 5.69 Å². The second-order valence-electron chi connectivity index (χ2n) is 4.78. The Kier molecular flexibility index (Phi) is 5.85. The lowest BCUT2D eigenvalue weighted by molar-refractivity contribution is -0.385. The van der Waals surface area contributed by atoms with E-state index in [1.807, 2.05) is 7.05 Å². The Morgan fingerprint density at radius 2 is 2.16 bits per heavy atom. The van der Waals surface area contributed by atoms with Crippen molar-refractivity contribution in [1.29, 1.82) is 0 Å². The van der Waals surface area contributed by atoms with Gasteiger partial charge in [0.1, 0.15) is 5.82 Å². The SMILES string of the molecule is CC(C)N(C)CCNCc1cc(F)ccc1[N+](=O)[O-]. The van der Waals surface area contributed by atoms with E-state index in [2.05, 4.69) is 24.1 Å². The Hall–Kier alpha value is -1.53. The topological polar surface area (TPSA) is 58.4 Å². The fourth-order valence-corrected chi connectivity index (χ4v) is 1.61. The number of halogens is 1. The normalized spacial score (nSPS) is 11.3. The largest absolute Gasteiger partial charge is 0.311 e. The summed E-state index contributed by atoms with van der Waals surface area (Å²) in [7, 11) is 2.01. The molecule has 106 valence electrons. The molecule has 0 atom stereocenters. The fraction of sp³-hybridized carbons (Fsp3) is 0.538. The van der Waals surface area contributed by atoms with Crippen molar-refractivity contribution in [3.63, 3.8) is 0 Å². The molecule has 0 amide bonds. The van der Waals surface area contributed by atoms with Crippen LogP contribution in [-0.2, 0) is 6.54 Å². The lowest BCUT2D eigenvalue weighted by Crippen LogP contribution is -2.33. The molecule has 0 saturated carbocycles. The van der Waals surface area contributed by atoms with E-state index in [-0.39, 0.29) is 5.69 Å². The van der Waals surface area contributed by atoms with Gasteiger partial charge >= 0.3 is 0 Å². The minimum atomic E-state index is -0.489. The molecule has 1 rings (SSSR count). The maximum absolute atomic E-state index is 13.1. The Bertz CT molecular complexity index is 438. The Labute approximate surface area is 112 Å². The number of hydrogen-bond donors (Lipinski definition) is 1. The van der Waals surface area contributed by atoms with Crippen LogP contribution in [0.15, 0.2) is 18.2 Å². The summed E-state index contributed by atoms with van der Waals surface area (Å²) in [6, 6.07) is 3.96. The predicted octanol–water partition coefficient (Wildman–Crippen LogP) is 2.16. The van der Waals surface area contributed by atoms with Crippen LogP contribution < -0.4 is 5.32 Å². The maximum atomic E-state index is 13.1. The van der Waals surface area contributed by atoms with Crippen molar-refractivity contribution in [2.75, 3.05) is 20.1 Å². The summed E-state index contributed by atoms with van der Waals surface area (Å²) in [5.41, 5.74) is 0.323. The lowest BCUT2D eigenvalue weighted by Gasteiger charge is -2.20. The van der Waals surface area contributed by atoms with Crippen LogP contribution in [0.2, 0.25) is 0 Å². The van der Waals surface area contributed by atoms with Gasteiger partial charge in [-0.15, -0.1) is 0 Å². The van der Waals surface area contributed by atoms with Crippen LogP contribution in [0.4, 0.5) is 10.1 Å². The quantitative estimate of drug-likeness (QED) is 0.468. The minimum absolute atomic E-state index is 0.0499. The number of nitro groups is 1. The van der Waals surface area contributed by atoms with Crippen molar-refractivity contribution in [2.24, 2.45) is 0 Å². The van der Waals surface area contributed by atoms with Crippen LogP contribution in [-0.4, -0.2) is 36.0 Å². The zero-order valence-corrected chi connectivity index (χ0v) is 11.5. The van der Waals surface area contributed by atoms with E-state index in [1.165, 1.54) is 12.1 Å². The molecule has 0 saturated heterocycles. The van der Waals surface area contributed by atoms with Crippen LogP contribution in [0.25, 0.3) is 0 Å². The van der Waals surface area contributed by atoms with Gasteiger partial charge in [0, 0.05) is 37.3 Å². The molecular weight excluding hydrogens is 249 g/mol. The van der Waals surface area contributed by atoms with Gasteiger partial charge in [0.05, 0.1) is 4.92 Å². The van der Waals surface area contributed by atoms with E-state index < -0.39 is 10.7 Å². The minimum Gasteiger partial charge on any atom is -0.311 e. The van der Waals surface area contributed by atoms with E-state index >= 15 is 0 Å². The summed E-state index contributed by atoms with van der Waals surface area (Å²) >= 11 is 0. The first kappa shape index (κ1) is 15.5. The maximum Gasteiger partial charge on any atom is 0.274 e. The number of hydrogen-bond acceptors (Lipinski definition) is 4. The summed E-state index contributed by atoms with van der Waals surface area (Å²) in [6.45, 7) is 6.01. The molecule has 0 radical (unpaired) electrons. The predicted molar refractivity (Wildman–Crippen MR) is 72.5 cm³/mol. The molecule has 0 spiro atoms. The number of nitro benzene ring substituents is 1. The molecule has 0 heterocycles. The molecule has 0 aromatic heterocycles. The van der Waals surface area contributed by atoms with Crippen molar-refractivity contribution >= 4 is 5.69 Å². The average Bonchev–Trinajstić information content (AvgIpc) is 2.33. The monoisotopic (exact) mass is 269 g/mol.